The van der Waals surface area contributed by atoms with Crippen molar-refractivity contribution in [2.24, 2.45) is 0 Å². The lowest BCUT2D eigenvalue weighted by molar-refractivity contribution is 0.204. The summed E-state index contributed by atoms with van der Waals surface area (Å²) in [6.07, 6.45) is 2.10. The van der Waals surface area contributed by atoms with Gasteiger partial charge >= 0.3 is 6.03 Å². The smallest absolute Gasteiger partial charge is 0.317 e. The summed E-state index contributed by atoms with van der Waals surface area (Å²) in [5.74, 6) is 1.49. The first-order chi connectivity index (χ1) is 9.67. The average molecular weight is 280 g/mol. The number of nitrogens with zero attached hydrogens (tertiary/aromatic N) is 1. The van der Waals surface area contributed by atoms with E-state index in [1.54, 1.807) is 19.1 Å². The Labute approximate surface area is 120 Å². The molecule has 0 fully saturated rings. The van der Waals surface area contributed by atoms with Gasteiger partial charge in [0.2, 0.25) is 0 Å². The molecule has 112 valence electrons. The molecule has 0 aliphatic rings. The monoisotopic (exact) mass is 280 g/mol. The summed E-state index contributed by atoms with van der Waals surface area (Å²) >= 11 is 0. The average Bonchev–Trinajstić information content (AvgIpc) is 2.49. The van der Waals surface area contributed by atoms with E-state index < -0.39 is 0 Å². The summed E-state index contributed by atoms with van der Waals surface area (Å²) in [6.45, 7) is 3.79. The highest BCUT2D eigenvalue weighted by Gasteiger charge is 2.06. The fourth-order valence-corrected chi connectivity index (χ4v) is 1.65. The van der Waals surface area contributed by atoms with Crippen LogP contribution in [0, 0.1) is 0 Å². The number of methoxy groups -OCH3 is 1. The second kappa shape index (κ2) is 9.07. The van der Waals surface area contributed by atoms with E-state index in [9.17, 15) is 4.79 Å². The molecule has 0 bridgehead atoms. The molecule has 2 amide bonds. The molecular formula is C15H24N2O3. The Morgan fingerprint density at radius 2 is 2.10 bits per heavy atom. The molecule has 1 N–H and O–H groups in total. The van der Waals surface area contributed by atoms with Gasteiger partial charge in [0.05, 0.1) is 13.7 Å². The van der Waals surface area contributed by atoms with Crippen molar-refractivity contribution in [1.82, 2.24) is 10.2 Å². The van der Waals surface area contributed by atoms with E-state index in [1.165, 1.54) is 0 Å². The number of unbranched alkanes of at least 4 members (excludes halogenated alkanes) is 1. The first-order valence-corrected chi connectivity index (χ1v) is 6.93. The zero-order valence-electron chi connectivity index (χ0n) is 12.5. The van der Waals surface area contributed by atoms with Gasteiger partial charge in [0.1, 0.15) is 18.1 Å². The van der Waals surface area contributed by atoms with Crippen molar-refractivity contribution < 1.29 is 14.3 Å². The topological polar surface area (TPSA) is 50.8 Å². The zero-order valence-corrected chi connectivity index (χ0v) is 12.5. The zero-order chi connectivity index (χ0) is 14.8. The van der Waals surface area contributed by atoms with Crippen molar-refractivity contribution in [1.29, 1.82) is 0 Å². The number of rotatable bonds is 8. The Kier molecular flexibility index (Phi) is 7.32. The normalized spacial score (nSPS) is 9.95. The van der Waals surface area contributed by atoms with Crippen LogP contribution in [0.3, 0.4) is 0 Å². The van der Waals surface area contributed by atoms with Gasteiger partial charge in [-0.25, -0.2) is 4.79 Å². The molecule has 0 aliphatic heterocycles. The van der Waals surface area contributed by atoms with Gasteiger partial charge in [0.25, 0.3) is 0 Å². The number of hydrogen-bond acceptors (Lipinski definition) is 3. The van der Waals surface area contributed by atoms with E-state index in [1.807, 2.05) is 24.3 Å². The van der Waals surface area contributed by atoms with Crippen molar-refractivity contribution in [3.05, 3.63) is 24.3 Å². The maximum atomic E-state index is 11.7. The molecule has 0 saturated carbocycles. The van der Waals surface area contributed by atoms with E-state index in [2.05, 4.69) is 12.2 Å². The molecule has 1 aromatic rings. The standard InChI is InChI=1S/C15H24N2O3/c1-4-5-10-17(2)15(18)16-9-11-20-14-8-6-7-13(12-14)19-3/h6-8,12H,4-5,9-11H2,1-3H3,(H,16,18). The molecule has 0 aliphatic carbocycles. The molecule has 0 spiro atoms. The van der Waals surface area contributed by atoms with E-state index in [-0.39, 0.29) is 6.03 Å². The van der Waals surface area contributed by atoms with Crippen LogP contribution in [0.15, 0.2) is 24.3 Å². The van der Waals surface area contributed by atoms with Gasteiger partial charge in [0.15, 0.2) is 0 Å². The summed E-state index contributed by atoms with van der Waals surface area (Å²) in [4.78, 5) is 13.4. The van der Waals surface area contributed by atoms with E-state index in [0.29, 0.717) is 13.2 Å². The third kappa shape index (κ3) is 5.82. The van der Waals surface area contributed by atoms with Crippen LogP contribution in [0.1, 0.15) is 19.8 Å². The largest absolute Gasteiger partial charge is 0.497 e. The lowest BCUT2D eigenvalue weighted by Crippen LogP contribution is -2.39. The second-order valence-corrected chi connectivity index (χ2v) is 4.53. The predicted molar refractivity (Wildman–Crippen MR) is 79.4 cm³/mol. The van der Waals surface area contributed by atoms with Crippen molar-refractivity contribution in [2.75, 3.05) is 33.9 Å². The minimum atomic E-state index is -0.0623. The van der Waals surface area contributed by atoms with Crippen LogP contribution < -0.4 is 14.8 Å². The van der Waals surface area contributed by atoms with Crippen molar-refractivity contribution in [2.45, 2.75) is 19.8 Å². The highest BCUT2D eigenvalue weighted by atomic mass is 16.5. The fraction of sp³-hybridized carbons (Fsp3) is 0.533. The number of carbonyl (C=O) groups excluding carboxylic acids is 1. The van der Waals surface area contributed by atoms with Crippen LogP contribution in [0.5, 0.6) is 11.5 Å². The van der Waals surface area contributed by atoms with Crippen LogP contribution in [-0.4, -0.2) is 44.8 Å². The molecule has 5 nitrogen and oxygen atoms in total. The molecule has 0 heterocycles. The summed E-state index contributed by atoms with van der Waals surface area (Å²) in [7, 11) is 3.42. The summed E-state index contributed by atoms with van der Waals surface area (Å²) in [5, 5.41) is 2.82. The fourth-order valence-electron chi connectivity index (χ4n) is 1.65. The summed E-state index contributed by atoms with van der Waals surface area (Å²) < 4.78 is 10.7. The van der Waals surface area contributed by atoms with Gasteiger partial charge in [-0.05, 0) is 18.6 Å². The summed E-state index contributed by atoms with van der Waals surface area (Å²) in [6, 6.07) is 7.34. The Bertz CT molecular complexity index is 410. The molecule has 0 aromatic heterocycles. The number of carbonyl (C=O) groups is 1. The minimum Gasteiger partial charge on any atom is -0.497 e. The molecule has 1 aromatic carbocycles. The Morgan fingerprint density at radius 3 is 2.80 bits per heavy atom. The number of hydrogen-bond donors (Lipinski definition) is 1. The molecular weight excluding hydrogens is 256 g/mol. The highest BCUT2D eigenvalue weighted by molar-refractivity contribution is 5.73. The van der Waals surface area contributed by atoms with Crippen molar-refractivity contribution in [3.63, 3.8) is 0 Å². The molecule has 20 heavy (non-hydrogen) atoms. The summed E-state index contributed by atoms with van der Waals surface area (Å²) in [5.41, 5.74) is 0. The number of urea groups is 1. The lowest BCUT2D eigenvalue weighted by atomic mass is 10.3. The maximum Gasteiger partial charge on any atom is 0.317 e. The first kappa shape index (κ1) is 16.1. The molecule has 1 rings (SSSR count). The lowest BCUT2D eigenvalue weighted by Gasteiger charge is -2.17. The molecule has 5 heteroatoms. The van der Waals surface area contributed by atoms with Crippen LogP contribution in [-0.2, 0) is 0 Å². The SMILES string of the molecule is CCCCN(C)C(=O)NCCOc1cccc(OC)c1. The predicted octanol–water partition coefficient (Wildman–Crippen LogP) is 2.52. The van der Waals surface area contributed by atoms with Gasteiger partial charge in [0, 0.05) is 19.7 Å². The third-order valence-corrected chi connectivity index (χ3v) is 2.88. The third-order valence-electron chi connectivity index (χ3n) is 2.88. The molecule has 0 radical (unpaired) electrons. The van der Waals surface area contributed by atoms with Crippen molar-refractivity contribution in [3.8, 4) is 11.5 Å². The molecule has 0 saturated heterocycles. The first-order valence-electron chi connectivity index (χ1n) is 6.93. The Morgan fingerprint density at radius 1 is 1.35 bits per heavy atom. The van der Waals surface area contributed by atoms with Gasteiger partial charge in [-0.3, -0.25) is 0 Å². The van der Waals surface area contributed by atoms with Crippen LogP contribution in [0.25, 0.3) is 0 Å². The number of nitrogens with one attached hydrogen (secondary N) is 1. The van der Waals surface area contributed by atoms with Gasteiger partial charge < -0.3 is 19.7 Å². The quantitative estimate of drug-likeness (QED) is 0.744. The Balaban J connectivity index is 2.22. The number of amides is 2. The highest BCUT2D eigenvalue weighted by Crippen LogP contribution is 2.18. The van der Waals surface area contributed by atoms with Crippen LogP contribution in [0.2, 0.25) is 0 Å². The van der Waals surface area contributed by atoms with E-state index in [0.717, 1.165) is 30.9 Å². The molecule has 0 unspecified atom stereocenters. The maximum absolute atomic E-state index is 11.7. The molecule has 0 atom stereocenters. The second-order valence-electron chi connectivity index (χ2n) is 4.53. The van der Waals surface area contributed by atoms with Crippen LogP contribution in [0.4, 0.5) is 4.79 Å². The number of ether oxygens (including phenoxy) is 2. The van der Waals surface area contributed by atoms with Gasteiger partial charge in [-0.15, -0.1) is 0 Å². The Hall–Kier alpha value is -1.91. The van der Waals surface area contributed by atoms with Gasteiger partial charge in [-0.1, -0.05) is 19.4 Å². The van der Waals surface area contributed by atoms with E-state index in [4.69, 9.17) is 9.47 Å². The van der Waals surface area contributed by atoms with Crippen molar-refractivity contribution >= 4 is 6.03 Å². The van der Waals surface area contributed by atoms with Gasteiger partial charge in [-0.2, -0.15) is 0 Å². The number of benzene rings is 1. The van der Waals surface area contributed by atoms with Crippen LogP contribution >= 0.6 is 0 Å². The minimum absolute atomic E-state index is 0.0623. The van der Waals surface area contributed by atoms with E-state index >= 15 is 0 Å².